The molecule has 0 aliphatic rings. The monoisotopic (exact) mass is 253 g/mol. The number of hydrogen-bond acceptors (Lipinski definition) is 5. The average Bonchev–Trinajstić information content (AvgIpc) is 2.29. The molecule has 3 N–H and O–H groups in total. The summed E-state index contributed by atoms with van der Waals surface area (Å²) in [4.78, 5) is 21.4. The van der Waals surface area contributed by atoms with Crippen LogP contribution in [0.2, 0.25) is 0 Å². The van der Waals surface area contributed by atoms with E-state index in [0.29, 0.717) is 18.2 Å². The zero-order valence-corrected chi connectivity index (χ0v) is 10.6. The van der Waals surface area contributed by atoms with Crippen molar-refractivity contribution in [1.29, 1.82) is 0 Å². The van der Waals surface area contributed by atoms with E-state index in [2.05, 4.69) is 15.3 Å². The molecular formula is C10H15N5OS. The number of carbonyl (C=O) groups excluding carboxylic acids is 1. The molecule has 7 heteroatoms. The number of thiocarbonyl (C=S) groups is 1. The number of amides is 1. The Balaban J connectivity index is 2.75. The van der Waals surface area contributed by atoms with Gasteiger partial charge in [0.15, 0.2) is 0 Å². The standard InChI is InChI=1S/C10H15N5OS/c1-3-12-8(16)6-15(2)10-13-5-4-7(14-10)9(11)17/h4-5H,3,6H2,1-2H3,(H2,11,17)(H,12,16). The lowest BCUT2D eigenvalue weighted by Gasteiger charge is -2.16. The third-order valence-corrected chi connectivity index (χ3v) is 2.20. The van der Waals surface area contributed by atoms with E-state index in [0.717, 1.165) is 0 Å². The highest BCUT2D eigenvalue weighted by Crippen LogP contribution is 2.04. The molecule has 0 saturated carbocycles. The number of aromatic nitrogens is 2. The van der Waals surface area contributed by atoms with Crippen molar-refractivity contribution in [2.24, 2.45) is 5.73 Å². The van der Waals surface area contributed by atoms with Gasteiger partial charge in [-0.25, -0.2) is 9.97 Å². The molecule has 0 bridgehead atoms. The Labute approximate surface area is 105 Å². The predicted octanol–water partition coefficient (Wildman–Crippen LogP) is -0.317. The quantitative estimate of drug-likeness (QED) is 0.700. The van der Waals surface area contributed by atoms with Crippen molar-refractivity contribution < 1.29 is 4.79 Å². The highest BCUT2D eigenvalue weighted by atomic mass is 32.1. The maximum Gasteiger partial charge on any atom is 0.239 e. The molecule has 1 heterocycles. The minimum Gasteiger partial charge on any atom is -0.388 e. The van der Waals surface area contributed by atoms with Crippen molar-refractivity contribution in [3.05, 3.63) is 18.0 Å². The number of carbonyl (C=O) groups is 1. The van der Waals surface area contributed by atoms with Gasteiger partial charge in [-0.05, 0) is 13.0 Å². The van der Waals surface area contributed by atoms with Gasteiger partial charge < -0.3 is 16.0 Å². The summed E-state index contributed by atoms with van der Waals surface area (Å²) in [6.07, 6.45) is 1.56. The molecule has 0 spiro atoms. The number of nitrogens with one attached hydrogen (secondary N) is 1. The van der Waals surface area contributed by atoms with Gasteiger partial charge in [-0.1, -0.05) is 12.2 Å². The van der Waals surface area contributed by atoms with Gasteiger partial charge >= 0.3 is 0 Å². The zero-order valence-electron chi connectivity index (χ0n) is 9.80. The van der Waals surface area contributed by atoms with Gasteiger partial charge in [0.1, 0.15) is 10.7 Å². The lowest BCUT2D eigenvalue weighted by Crippen LogP contribution is -2.35. The second kappa shape index (κ2) is 6.09. The van der Waals surface area contributed by atoms with Gasteiger partial charge in [0.25, 0.3) is 0 Å². The molecule has 0 fully saturated rings. The van der Waals surface area contributed by atoms with Gasteiger partial charge in [-0.15, -0.1) is 0 Å². The molecule has 1 rings (SSSR count). The Kier molecular flexibility index (Phi) is 4.77. The Hall–Kier alpha value is -1.76. The minimum atomic E-state index is -0.0840. The number of hydrogen-bond donors (Lipinski definition) is 2. The van der Waals surface area contributed by atoms with E-state index in [1.54, 1.807) is 24.2 Å². The van der Waals surface area contributed by atoms with Crippen LogP contribution in [0.15, 0.2) is 12.3 Å². The molecule has 0 radical (unpaired) electrons. The van der Waals surface area contributed by atoms with Crippen LogP contribution in [-0.2, 0) is 4.79 Å². The fourth-order valence-electron chi connectivity index (χ4n) is 1.21. The van der Waals surface area contributed by atoms with Crippen LogP contribution in [0.4, 0.5) is 5.95 Å². The molecule has 1 amide bonds. The Morgan fingerprint density at radius 3 is 2.94 bits per heavy atom. The van der Waals surface area contributed by atoms with E-state index in [1.165, 1.54) is 0 Å². The maximum absolute atomic E-state index is 11.4. The molecular weight excluding hydrogens is 238 g/mol. The molecule has 0 aliphatic heterocycles. The van der Waals surface area contributed by atoms with Gasteiger partial charge in [0, 0.05) is 19.8 Å². The average molecular weight is 253 g/mol. The summed E-state index contributed by atoms with van der Waals surface area (Å²) in [5.41, 5.74) is 5.97. The smallest absolute Gasteiger partial charge is 0.239 e. The first-order valence-electron chi connectivity index (χ1n) is 5.15. The second-order valence-corrected chi connectivity index (χ2v) is 3.86. The number of anilines is 1. The highest BCUT2D eigenvalue weighted by molar-refractivity contribution is 7.80. The molecule has 17 heavy (non-hydrogen) atoms. The summed E-state index contributed by atoms with van der Waals surface area (Å²) in [6, 6.07) is 1.63. The summed E-state index contributed by atoms with van der Waals surface area (Å²) in [7, 11) is 1.73. The van der Waals surface area contributed by atoms with Crippen LogP contribution in [0.3, 0.4) is 0 Å². The van der Waals surface area contributed by atoms with E-state index in [1.807, 2.05) is 6.92 Å². The van der Waals surface area contributed by atoms with Crippen LogP contribution in [0, 0.1) is 0 Å². The number of likely N-dealkylation sites (N-methyl/N-ethyl adjacent to an activating group) is 2. The molecule has 0 aliphatic carbocycles. The van der Waals surface area contributed by atoms with E-state index >= 15 is 0 Å². The molecule has 1 aromatic heterocycles. The largest absolute Gasteiger partial charge is 0.388 e. The van der Waals surface area contributed by atoms with E-state index in [4.69, 9.17) is 18.0 Å². The Morgan fingerprint density at radius 2 is 2.35 bits per heavy atom. The van der Waals surface area contributed by atoms with E-state index < -0.39 is 0 Å². The topological polar surface area (TPSA) is 84.1 Å². The normalized spacial score (nSPS) is 9.76. The third-order valence-electron chi connectivity index (χ3n) is 1.99. The van der Waals surface area contributed by atoms with Crippen molar-refractivity contribution >= 4 is 29.1 Å². The third kappa shape index (κ3) is 3.95. The van der Waals surface area contributed by atoms with Crippen LogP contribution in [0.5, 0.6) is 0 Å². The van der Waals surface area contributed by atoms with Crippen molar-refractivity contribution in [1.82, 2.24) is 15.3 Å². The van der Waals surface area contributed by atoms with Crippen molar-refractivity contribution in [3.8, 4) is 0 Å². The Bertz CT molecular complexity index is 423. The summed E-state index contributed by atoms with van der Waals surface area (Å²) >= 11 is 4.83. The zero-order chi connectivity index (χ0) is 12.8. The fourth-order valence-corrected chi connectivity index (χ4v) is 1.32. The van der Waals surface area contributed by atoms with Crippen molar-refractivity contribution in [2.45, 2.75) is 6.92 Å². The van der Waals surface area contributed by atoms with E-state index in [9.17, 15) is 4.79 Å². The van der Waals surface area contributed by atoms with Crippen LogP contribution in [0.1, 0.15) is 12.6 Å². The molecule has 6 nitrogen and oxygen atoms in total. The van der Waals surface area contributed by atoms with Crippen LogP contribution < -0.4 is 16.0 Å². The number of nitrogens with two attached hydrogens (primary N) is 1. The fraction of sp³-hybridized carbons (Fsp3) is 0.400. The lowest BCUT2D eigenvalue weighted by molar-refractivity contribution is -0.119. The first-order valence-corrected chi connectivity index (χ1v) is 5.56. The van der Waals surface area contributed by atoms with E-state index in [-0.39, 0.29) is 17.4 Å². The van der Waals surface area contributed by atoms with Crippen LogP contribution in [0.25, 0.3) is 0 Å². The molecule has 0 aromatic carbocycles. The summed E-state index contributed by atoms with van der Waals surface area (Å²) in [5.74, 6) is 0.334. The number of nitrogens with zero attached hydrogens (tertiary/aromatic N) is 3. The summed E-state index contributed by atoms with van der Waals surface area (Å²) in [5, 5.41) is 2.70. The molecule has 0 saturated heterocycles. The van der Waals surface area contributed by atoms with Crippen molar-refractivity contribution in [3.63, 3.8) is 0 Å². The lowest BCUT2D eigenvalue weighted by atomic mass is 10.4. The SMILES string of the molecule is CCNC(=O)CN(C)c1nccc(C(N)=S)n1. The van der Waals surface area contributed by atoms with Gasteiger partial charge in [-0.2, -0.15) is 0 Å². The molecule has 1 aromatic rings. The molecule has 92 valence electrons. The van der Waals surface area contributed by atoms with Gasteiger partial charge in [0.2, 0.25) is 11.9 Å². The van der Waals surface area contributed by atoms with Crippen molar-refractivity contribution in [2.75, 3.05) is 25.0 Å². The first kappa shape index (κ1) is 13.3. The second-order valence-electron chi connectivity index (χ2n) is 3.42. The molecule has 0 unspecified atom stereocenters. The predicted molar refractivity (Wildman–Crippen MR) is 69.9 cm³/mol. The van der Waals surface area contributed by atoms with Crippen LogP contribution in [-0.4, -0.2) is 41.0 Å². The minimum absolute atomic E-state index is 0.0840. The first-order chi connectivity index (χ1) is 8.04. The van der Waals surface area contributed by atoms with Crippen LogP contribution >= 0.6 is 12.2 Å². The summed E-state index contributed by atoms with van der Waals surface area (Å²) < 4.78 is 0. The highest BCUT2D eigenvalue weighted by Gasteiger charge is 2.10. The molecule has 0 atom stereocenters. The number of rotatable bonds is 5. The summed E-state index contributed by atoms with van der Waals surface area (Å²) in [6.45, 7) is 2.65. The van der Waals surface area contributed by atoms with Gasteiger partial charge in [-0.3, -0.25) is 4.79 Å². The van der Waals surface area contributed by atoms with Gasteiger partial charge in [0.05, 0.1) is 6.54 Å². The Morgan fingerprint density at radius 1 is 1.65 bits per heavy atom. The maximum atomic E-state index is 11.4.